The van der Waals surface area contributed by atoms with Gasteiger partial charge in [0, 0.05) is 37.3 Å². The number of hydrogen-bond donors (Lipinski definition) is 2. The van der Waals surface area contributed by atoms with Gasteiger partial charge in [-0.15, -0.1) is 0 Å². The first-order valence-electron chi connectivity index (χ1n) is 11.7. The normalized spacial score (nSPS) is 16.0. The monoisotopic (exact) mass is 480 g/mol. The summed E-state index contributed by atoms with van der Waals surface area (Å²) in [5.74, 6) is -0.758. The minimum atomic E-state index is -1.26. The van der Waals surface area contributed by atoms with Crippen LogP contribution in [0.1, 0.15) is 34.3 Å². The predicted molar refractivity (Wildman–Crippen MR) is 131 cm³/mol. The highest BCUT2D eigenvalue weighted by Crippen LogP contribution is 2.26. The molecular weight excluding hydrogens is 448 g/mol. The fraction of sp³-hybridized carbons (Fsp3) is 0.370. The van der Waals surface area contributed by atoms with E-state index in [0.29, 0.717) is 18.1 Å². The number of rotatable bonds is 8. The molecule has 2 heterocycles. The zero-order valence-corrected chi connectivity index (χ0v) is 19.9. The molecule has 0 spiro atoms. The Morgan fingerprint density at radius 1 is 1.00 bits per heavy atom. The van der Waals surface area contributed by atoms with Crippen molar-refractivity contribution in [3.05, 3.63) is 77.4 Å². The van der Waals surface area contributed by atoms with Crippen LogP contribution in [-0.4, -0.2) is 71.1 Å². The molecule has 0 saturated carbocycles. The molecule has 1 fully saturated rings. The third kappa shape index (κ3) is 7.96. The van der Waals surface area contributed by atoms with E-state index in [4.69, 9.17) is 14.9 Å². The van der Waals surface area contributed by atoms with Gasteiger partial charge in [0.2, 0.25) is 0 Å². The van der Waals surface area contributed by atoms with Crippen molar-refractivity contribution in [1.29, 1.82) is 0 Å². The topological polar surface area (TPSA) is 107 Å². The van der Waals surface area contributed by atoms with E-state index < -0.39 is 11.9 Å². The summed E-state index contributed by atoms with van der Waals surface area (Å²) in [7, 11) is 1.70. The first-order valence-corrected chi connectivity index (χ1v) is 11.7. The molecule has 1 saturated heterocycles. The summed E-state index contributed by atoms with van der Waals surface area (Å²) in [6, 6.07) is 16.4. The summed E-state index contributed by atoms with van der Waals surface area (Å²) < 4.78 is 5.22. The average Bonchev–Trinajstić information content (AvgIpc) is 3.18. The van der Waals surface area contributed by atoms with Gasteiger partial charge in [-0.05, 0) is 67.6 Å². The van der Waals surface area contributed by atoms with Gasteiger partial charge >= 0.3 is 11.9 Å². The number of ether oxygens (including phenoxy) is 1. The number of piperidine rings is 1. The van der Waals surface area contributed by atoms with Crippen molar-refractivity contribution in [3.63, 3.8) is 0 Å². The van der Waals surface area contributed by atoms with Gasteiger partial charge in [-0.3, -0.25) is 4.79 Å². The highest BCUT2D eigenvalue weighted by atomic mass is 16.5. The lowest BCUT2D eigenvalue weighted by molar-refractivity contribution is -0.134. The quantitative estimate of drug-likeness (QED) is 0.558. The van der Waals surface area contributed by atoms with Gasteiger partial charge in [-0.2, -0.15) is 0 Å². The van der Waals surface area contributed by atoms with E-state index in [1.165, 1.54) is 24.0 Å². The molecule has 2 aliphatic rings. The van der Waals surface area contributed by atoms with Crippen LogP contribution < -0.4 is 4.74 Å². The number of benzene rings is 2. The van der Waals surface area contributed by atoms with Crippen LogP contribution in [0.5, 0.6) is 5.75 Å². The van der Waals surface area contributed by atoms with Crippen LogP contribution in [0.15, 0.2) is 60.7 Å². The lowest BCUT2D eigenvalue weighted by atomic mass is 9.96. The average molecular weight is 481 g/mol. The van der Waals surface area contributed by atoms with Crippen LogP contribution in [0.2, 0.25) is 0 Å². The number of nitrogens with zero attached hydrogens (tertiary/aromatic N) is 2. The van der Waals surface area contributed by atoms with E-state index in [0.717, 1.165) is 50.5 Å². The number of fused-ring (bicyclic) bond motifs is 1. The maximum atomic E-state index is 12.5. The molecule has 0 bridgehead atoms. The number of carbonyl (C=O) groups excluding carboxylic acids is 1. The molecule has 0 aromatic heterocycles. The van der Waals surface area contributed by atoms with Gasteiger partial charge in [0.15, 0.2) is 0 Å². The summed E-state index contributed by atoms with van der Waals surface area (Å²) in [6.45, 7) is 5.06. The summed E-state index contributed by atoms with van der Waals surface area (Å²) in [5.41, 5.74) is 3.44. The second-order valence-corrected chi connectivity index (χ2v) is 8.74. The SMILES string of the molecule is COc1ccc(CCN2CCC(CN3Cc4ccccc4C3=O)CC2)cc1.O=C(O)C=CC(=O)O. The molecule has 8 nitrogen and oxygen atoms in total. The molecular formula is C27H32N2O6. The summed E-state index contributed by atoms with van der Waals surface area (Å²) in [6.07, 6.45) is 4.56. The Bertz CT molecular complexity index is 1030. The van der Waals surface area contributed by atoms with Crippen LogP contribution in [0.25, 0.3) is 0 Å². The molecule has 0 unspecified atom stereocenters. The lowest BCUT2D eigenvalue weighted by Crippen LogP contribution is -2.39. The lowest BCUT2D eigenvalue weighted by Gasteiger charge is -2.33. The first-order chi connectivity index (χ1) is 16.9. The molecule has 4 rings (SSSR count). The number of carboxylic acid groups (broad SMARTS) is 2. The number of amides is 1. The largest absolute Gasteiger partial charge is 0.497 e. The van der Waals surface area contributed by atoms with Crippen molar-refractivity contribution in [2.24, 2.45) is 5.92 Å². The molecule has 8 heteroatoms. The highest BCUT2D eigenvalue weighted by molar-refractivity contribution is 5.98. The van der Waals surface area contributed by atoms with Crippen molar-refractivity contribution in [2.75, 3.05) is 33.3 Å². The molecule has 0 radical (unpaired) electrons. The summed E-state index contributed by atoms with van der Waals surface area (Å²) in [5, 5.41) is 15.6. The summed E-state index contributed by atoms with van der Waals surface area (Å²) >= 11 is 0. The standard InChI is InChI=1S/C23H28N2O2.C4H4O4/c1-27-21-8-6-18(7-9-21)10-13-24-14-11-19(12-15-24)16-25-17-20-4-2-3-5-22(20)23(25)26;5-3(6)1-2-4(7)8/h2-9,19H,10-17H2,1H3;1-2H,(H,5,6)(H,7,8). The molecule has 186 valence electrons. The molecule has 2 aliphatic heterocycles. The van der Waals surface area contributed by atoms with Crippen LogP contribution >= 0.6 is 0 Å². The second-order valence-electron chi connectivity index (χ2n) is 8.74. The van der Waals surface area contributed by atoms with Gasteiger partial charge in [0.1, 0.15) is 5.75 Å². The van der Waals surface area contributed by atoms with Gasteiger partial charge in [-0.1, -0.05) is 30.3 Å². The van der Waals surface area contributed by atoms with Crippen LogP contribution in [0.3, 0.4) is 0 Å². The molecule has 35 heavy (non-hydrogen) atoms. The van der Waals surface area contributed by atoms with E-state index in [-0.39, 0.29) is 5.91 Å². The first kappa shape index (κ1) is 26.0. The molecule has 1 amide bonds. The van der Waals surface area contributed by atoms with Gasteiger partial charge < -0.3 is 24.7 Å². The Labute approximate surface area is 205 Å². The van der Waals surface area contributed by atoms with Crippen LogP contribution in [0.4, 0.5) is 0 Å². The number of carbonyl (C=O) groups is 3. The number of hydrogen-bond acceptors (Lipinski definition) is 5. The Hall–Kier alpha value is -3.65. The smallest absolute Gasteiger partial charge is 0.328 e. The number of likely N-dealkylation sites (tertiary alicyclic amines) is 1. The fourth-order valence-electron chi connectivity index (χ4n) is 4.39. The highest BCUT2D eigenvalue weighted by Gasteiger charge is 2.29. The van der Waals surface area contributed by atoms with Crippen molar-refractivity contribution in [2.45, 2.75) is 25.8 Å². The van der Waals surface area contributed by atoms with Crippen molar-refractivity contribution in [1.82, 2.24) is 9.80 Å². The van der Waals surface area contributed by atoms with Crippen molar-refractivity contribution in [3.8, 4) is 5.75 Å². The van der Waals surface area contributed by atoms with E-state index in [1.807, 2.05) is 35.2 Å². The minimum Gasteiger partial charge on any atom is -0.497 e. The Kier molecular flexibility index (Phi) is 9.43. The predicted octanol–water partition coefficient (Wildman–Crippen LogP) is 3.32. The molecule has 2 aromatic carbocycles. The maximum absolute atomic E-state index is 12.5. The van der Waals surface area contributed by atoms with Crippen molar-refractivity contribution < 1.29 is 29.3 Å². The van der Waals surface area contributed by atoms with Gasteiger partial charge in [0.25, 0.3) is 5.91 Å². The van der Waals surface area contributed by atoms with Gasteiger partial charge in [0.05, 0.1) is 7.11 Å². The van der Waals surface area contributed by atoms with Gasteiger partial charge in [-0.25, -0.2) is 9.59 Å². The minimum absolute atomic E-state index is 0.215. The van der Waals surface area contributed by atoms with E-state index in [9.17, 15) is 14.4 Å². The molecule has 0 aliphatic carbocycles. The third-order valence-electron chi connectivity index (χ3n) is 6.33. The third-order valence-corrected chi connectivity index (χ3v) is 6.33. The zero-order chi connectivity index (χ0) is 25.2. The fourth-order valence-corrected chi connectivity index (χ4v) is 4.39. The van der Waals surface area contributed by atoms with E-state index >= 15 is 0 Å². The van der Waals surface area contributed by atoms with Crippen molar-refractivity contribution >= 4 is 17.8 Å². The van der Waals surface area contributed by atoms with E-state index in [1.54, 1.807) is 7.11 Å². The number of carboxylic acids is 2. The van der Waals surface area contributed by atoms with Crippen LogP contribution in [-0.2, 0) is 22.6 Å². The maximum Gasteiger partial charge on any atom is 0.328 e. The zero-order valence-electron chi connectivity index (χ0n) is 19.9. The molecule has 2 aromatic rings. The number of methoxy groups -OCH3 is 1. The summed E-state index contributed by atoms with van der Waals surface area (Å²) in [4.78, 5) is 36.3. The Morgan fingerprint density at radius 2 is 1.63 bits per heavy atom. The Morgan fingerprint density at radius 3 is 2.20 bits per heavy atom. The molecule has 2 N–H and O–H groups in total. The van der Waals surface area contributed by atoms with Crippen LogP contribution in [0, 0.1) is 5.92 Å². The van der Waals surface area contributed by atoms with E-state index in [2.05, 4.69) is 23.1 Å². The second kappa shape index (κ2) is 12.7. The Balaban J connectivity index is 0.000000371. The number of aliphatic carboxylic acids is 2. The molecule has 0 atom stereocenters.